The van der Waals surface area contributed by atoms with Crippen molar-refractivity contribution in [2.75, 3.05) is 25.0 Å². The van der Waals surface area contributed by atoms with Crippen LogP contribution in [0.2, 0.25) is 0 Å². The summed E-state index contributed by atoms with van der Waals surface area (Å²) in [6.07, 6.45) is 1.36. The highest BCUT2D eigenvalue weighted by Gasteiger charge is 2.30. The monoisotopic (exact) mass is 530 g/mol. The second kappa shape index (κ2) is 9.25. The standard InChI is InChI=1S/C21H21F2IN2O4/c1-11-7-13(24)4-5-16(11)25-19-15(21(29)30)8-14(17(22)18(19)23)20(28)26-6-2-3-12(9-26)10-27/h4-5,7-8,12,25,27H,2-3,6,9-10H2,1H3,(H,29,30). The SMILES string of the molecule is Cc1cc(I)ccc1Nc1c(C(=O)O)cc(C(=O)N2CCCC(CO)C2)c(F)c1F. The Hall–Kier alpha value is -2.27. The van der Waals surface area contributed by atoms with Crippen LogP contribution in [0.15, 0.2) is 24.3 Å². The number of piperidine rings is 1. The first-order valence-electron chi connectivity index (χ1n) is 9.41. The van der Waals surface area contributed by atoms with Crippen LogP contribution in [0.4, 0.5) is 20.2 Å². The van der Waals surface area contributed by atoms with E-state index in [-0.39, 0.29) is 19.1 Å². The number of amides is 1. The minimum absolute atomic E-state index is 0.112. The number of carboxylic acid groups (broad SMARTS) is 1. The lowest BCUT2D eigenvalue weighted by Crippen LogP contribution is -2.41. The molecule has 1 amide bonds. The number of carbonyl (C=O) groups excluding carboxylic acids is 1. The maximum Gasteiger partial charge on any atom is 0.337 e. The Balaban J connectivity index is 2.01. The molecule has 9 heteroatoms. The molecular weight excluding hydrogens is 509 g/mol. The van der Waals surface area contributed by atoms with Gasteiger partial charge in [-0.1, -0.05) is 0 Å². The third-order valence-corrected chi connectivity index (χ3v) is 5.85. The van der Waals surface area contributed by atoms with E-state index in [1.165, 1.54) is 4.90 Å². The number of hydrogen-bond acceptors (Lipinski definition) is 4. The maximum absolute atomic E-state index is 14.9. The molecule has 1 unspecified atom stereocenters. The molecule has 1 aliphatic heterocycles. The van der Waals surface area contributed by atoms with Crippen molar-refractivity contribution in [3.63, 3.8) is 0 Å². The first-order chi connectivity index (χ1) is 14.2. The lowest BCUT2D eigenvalue weighted by molar-refractivity contribution is 0.0615. The number of rotatable bonds is 5. The topological polar surface area (TPSA) is 89.9 Å². The Labute approximate surface area is 186 Å². The fraction of sp³-hybridized carbons (Fsp3) is 0.333. The fourth-order valence-electron chi connectivity index (χ4n) is 3.54. The van der Waals surface area contributed by atoms with Gasteiger partial charge in [0.1, 0.15) is 0 Å². The predicted octanol–water partition coefficient (Wildman–Crippen LogP) is 4.16. The molecule has 160 valence electrons. The van der Waals surface area contributed by atoms with Gasteiger partial charge >= 0.3 is 5.97 Å². The number of hydrogen-bond donors (Lipinski definition) is 3. The molecule has 0 aliphatic carbocycles. The number of aliphatic hydroxyl groups excluding tert-OH is 1. The smallest absolute Gasteiger partial charge is 0.337 e. The van der Waals surface area contributed by atoms with E-state index in [9.17, 15) is 28.6 Å². The normalized spacial score (nSPS) is 16.4. The van der Waals surface area contributed by atoms with Crippen molar-refractivity contribution in [1.29, 1.82) is 0 Å². The minimum atomic E-state index is -1.49. The number of aromatic carboxylic acids is 1. The van der Waals surface area contributed by atoms with Crippen LogP contribution in [0.5, 0.6) is 0 Å². The summed E-state index contributed by atoms with van der Waals surface area (Å²) in [5.74, 6) is -5.24. The van der Waals surface area contributed by atoms with Crippen molar-refractivity contribution in [2.24, 2.45) is 5.92 Å². The van der Waals surface area contributed by atoms with Gasteiger partial charge in [-0.2, -0.15) is 0 Å². The average molecular weight is 530 g/mol. The molecule has 6 nitrogen and oxygen atoms in total. The number of nitrogens with zero attached hydrogens (tertiary/aromatic N) is 1. The van der Waals surface area contributed by atoms with E-state index in [0.717, 1.165) is 21.6 Å². The first kappa shape index (κ1) is 22.4. The number of nitrogens with one attached hydrogen (secondary N) is 1. The zero-order valence-electron chi connectivity index (χ0n) is 16.2. The van der Waals surface area contributed by atoms with Gasteiger partial charge in [-0.3, -0.25) is 4.79 Å². The molecule has 1 fully saturated rings. The Morgan fingerprint density at radius 1 is 1.23 bits per heavy atom. The quantitative estimate of drug-likeness (QED) is 0.506. The lowest BCUT2D eigenvalue weighted by Gasteiger charge is -2.32. The van der Waals surface area contributed by atoms with Crippen molar-refractivity contribution in [2.45, 2.75) is 19.8 Å². The highest BCUT2D eigenvalue weighted by atomic mass is 127. The van der Waals surface area contributed by atoms with Gasteiger partial charge in [0.25, 0.3) is 5.91 Å². The molecule has 1 aliphatic rings. The van der Waals surface area contributed by atoms with Crippen LogP contribution in [-0.2, 0) is 0 Å². The average Bonchev–Trinajstić information content (AvgIpc) is 2.72. The van der Waals surface area contributed by atoms with Gasteiger partial charge in [0.2, 0.25) is 0 Å². The van der Waals surface area contributed by atoms with Crippen LogP contribution in [0.3, 0.4) is 0 Å². The number of anilines is 2. The van der Waals surface area contributed by atoms with Crippen molar-refractivity contribution < 1.29 is 28.6 Å². The number of likely N-dealkylation sites (tertiary alicyclic amines) is 1. The van der Waals surface area contributed by atoms with Crippen LogP contribution in [0.1, 0.15) is 39.1 Å². The van der Waals surface area contributed by atoms with Crippen LogP contribution >= 0.6 is 22.6 Å². The molecular formula is C21H21F2IN2O4. The van der Waals surface area contributed by atoms with Gasteiger partial charge in [-0.15, -0.1) is 0 Å². The highest BCUT2D eigenvalue weighted by Crippen LogP contribution is 2.32. The molecule has 1 heterocycles. The van der Waals surface area contributed by atoms with Crippen LogP contribution in [0, 0.1) is 28.0 Å². The summed E-state index contributed by atoms with van der Waals surface area (Å²) in [6, 6.07) is 6.07. The number of aliphatic hydroxyl groups is 1. The zero-order valence-corrected chi connectivity index (χ0v) is 18.4. The zero-order chi connectivity index (χ0) is 22.0. The Morgan fingerprint density at radius 3 is 2.60 bits per heavy atom. The van der Waals surface area contributed by atoms with Gasteiger partial charge in [0.15, 0.2) is 11.6 Å². The fourth-order valence-corrected chi connectivity index (χ4v) is 4.19. The molecule has 30 heavy (non-hydrogen) atoms. The van der Waals surface area contributed by atoms with Crippen LogP contribution in [-0.4, -0.2) is 46.7 Å². The van der Waals surface area contributed by atoms with Crippen molar-refractivity contribution in [3.8, 4) is 0 Å². The summed E-state index contributed by atoms with van der Waals surface area (Å²) in [7, 11) is 0. The predicted molar refractivity (Wildman–Crippen MR) is 116 cm³/mol. The molecule has 1 atom stereocenters. The van der Waals surface area contributed by atoms with Crippen molar-refractivity contribution in [1.82, 2.24) is 4.90 Å². The summed E-state index contributed by atoms with van der Waals surface area (Å²) < 4.78 is 30.7. The Bertz CT molecular complexity index is 999. The van der Waals surface area contributed by atoms with E-state index >= 15 is 0 Å². The molecule has 0 radical (unpaired) electrons. The third kappa shape index (κ3) is 4.56. The molecule has 0 bridgehead atoms. The molecule has 2 aromatic carbocycles. The Morgan fingerprint density at radius 2 is 1.97 bits per heavy atom. The number of aryl methyl sites for hydroxylation is 1. The third-order valence-electron chi connectivity index (χ3n) is 5.18. The second-order valence-corrected chi connectivity index (χ2v) is 8.55. The van der Waals surface area contributed by atoms with Gasteiger partial charge in [0, 0.05) is 29.0 Å². The molecule has 0 spiro atoms. The Kier molecular flexibility index (Phi) is 6.91. The molecule has 1 saturated heterocycles. The van der Waals surface area contributed by atoms with Crippen LogP contribution in [0.25, 0.3) is 0 Å². The molecule has 3 rings (SSSR count). The molecule has 2 aromatic rings. The van der Waals surface area contributed by atoms with Gasteiger partial charge in [0.05, 0.1) is 16.8 Å². The van der Waals surface area contributed by atoms with E-state index in [1.807, 2.05) is 6.07 Å². The van der Waals surface area contributed by atoms with Crippen molar-refractivity contribution >= 4 is 45.8 Å². The summed E-state index contributed by atoms with van der Waals surface area (Å²) in [5.41, 5.74) is -0.550. The summed E-state index contributed by atoms with van der Waals surface area (Å²) in [6.45, 7) is 2.19. The van der Waals surface area contributed by atoms with E-state index in [0.29, 0.717) is 18.7 Å². The van der Waals surface area contributed by atoms with Gasteiger partial charge in [-0.05, 0) is 78.1 Å². The largest absolute Gasteiger partial charge is 0.478 e. The summed E-state index contributed by atoms with van der Waals surface area (Å²) in [4.78, 5) is 25.9. The number of benzene rings is 2. The second-order valence-electron chi connectivity index (χ2n) is 7.31. The molecule has 3 N–H and O–H groups in total. The van der Waals surface area contributed by atoms with Crippen molar-refractivity contribution in [3.05, 3.63) is 56.2 Å². The van der Waals surface area contributed by atoms with Crippen LogP contribution < -0.4 is 5.32 Å². The van der Waals surface area contributed by atoms with Gasteiger partial charge < -0.3 is 20.4 Å². The number of halogens is 3. The lowest BCUT2D eigenvalue weighted by atomic mass is 9.97. The maximum atomic E-state index is 14.9. The first-order valence-corrected chi connectivity index (χ1v) is 10.5. The number of carboxylic acids is 1. The van der Waals surface area contributed by atoms with Gasteiger partial charge in [-0.25, -0.2) is 13.6 Å². The molecule has 0 saturated carbocycles. The molecule has 0 aromatic heterocycles. The number of carbonyl (C=O) groups is 2. The van der Waals surface area contributed by atoms with E-state index < -0.39 is 40.3 Å². The highest BCUT2D eigenvalue weighted by molar-refractivity contribution is 14.1. The van der Waals surface area contributed by atoms with E-state index in [4.69, 9.17) is 0 Å². The summed E-state index contributed by atoms with van der Waals surface area (Å²) >= 11 is 2.11. The van der Waals surface area contributed by atoms with E-state index in [1.54, 1.807) is 19.1 Å². The van der Waals surface area contributed by atoms with E-state index in [2.05, 4.69) is 27.9 Å². The minimum Gasteiger partial charge on any atom is -0.478 e. The summed E-state index contributed by atoms with van der Waals surface area (Å²) in [5, 5.41) is 21.6.